The number of methoxy groups -OCH3 is 3. The lowest BCUT2D eigenvalue weighted by molar-refractivity contribution is -0.130. The predicted octanol–water partition coefficient (Wildman–Crippen LogP) is 4.89. The molecule has 2 atom stereocenters. The zero-order chi connectivity index (χ0) is 30.8. The summed E-state index contributed by atoms with van der Waals surface area (Å²) in [6.07, 6.45) is 1.64. The van der Waals surface area contributed by atoms with Gasteiger partial charge in [-0.05, 0) is 30.3 Å². The van der Waals surface area contributed by atoms with E-state index in [-0.39, 0.29) is 19.6 Å². The number of carbonyl (C=O) groups is 1. The Morgan fingerprint density at radius 3 is 2.37 bits per heavy atom. The lowest BCUT2D eigenvalue weighted by atomic mass is 9.84. The maximum Gasteiger partial charge on any atom is 0.266 e. The number of nitrogens with one attached hydrogen (secondary N) is 2. The van der Waals surface area contributed by atoms with Crippen molar-refractivity contribution < 1.29 is 33.6 Å². The van der Waals surface area contributed by atoms with E-state index in [1.807, 2.05) is 36.4 Å². The fraction of sp³-hybridized carbons (Fsp3) is 0.312. The molecule has 10 nitrogen and oxygen atoms in total. The monoisotopic (exact) mass is 653 g/mol. The zero-order valence-corrected chi connectivity index (χ0v) is 26.0. The van der Waals surface area contributed by atoms with Gasteiger partial charge in [0, 0.05) is 53.7 Å². The van der Waals surface area contributed by atoms with Gasteiger partial charge in [0.25, 0.3) is 5.91 Å². The smallest absolute Gasteiger partial charge is 0.266 e. The molecule has 1 aliphatic heterocycles. The molecule has 228 valence electrons. The van der Waals surface area contributed by atoms with Gasteiger partial charge < -0.3 is 28.8 Å². The van der Waals surface area contributed by atoms with Crippen molar-refractivity contribution in [1.82, 2.24) is 10.9 Å². The van der Waals surface area contributed by atoms with Crippen LogP contribution in [0.1, 0.15) is 35.6 Å². The van der Waals surface area contributed by atoms with Crippen LogP contribution >= 0.6 is 15.9 Å². The third-order valence-corrected chi connectivity index (χ3v) is 7.68. The summed E-state index contributed by atoms with van der Waals surface area (Å²) < 4.78 is 29.3. The van der Waals surface area contributed by atoms with Crippen LogP contribution in [0.25, 0.3) is 0 Å². The van der Waals surface area contributed by atoms with Crippen molar-refractivity contribution >= 4 is 27.7 Å². The average Bonchev–Trinajstić information content (AvgIpc) is 3.41. The summed E-state index contributed by atoms with van der Waals surface area (Å²) in [5.74, 6) is 2.23. The highest BCUT2D eigenvalue weighted by molar-refractivity contribution is 9.10. The summed E-state index contributed by atoms with van der Waals surface area (Å²) in [5, 5.41) is 9.01. The largest absolute Gasteiger partial charge is 0.496 e. The van der Waals surface area contributed by atoms with Gasteiger partial charge in [-0.3, -0.25) is 10.2 Å². The summed E-state index contributed by atoms with van der Waals surface area (Å²) in [7, 11) is 4.67. The number of amides is 1. The Labute approximate surface area is 259 Å². The molecule has 43 heavy (non-hydrogen) atoms. The van der Waals surface area contributed by atoms with Gasteiger partial charge in [0.2, 0.25) is 5.90 Å². The highest BCUT2D eigenvalue weighted by Gasteiger charge is 2.53. The molecule has 1 aliphatic rings. The number of ether oxygens (including phenoxy) is 5. The topological polar surface area (TPSA) is 120 Å². The quantitative estimate of drug-likeness (QED) is 0.121. The predicted molar refractivity (Wildman–Crippen MR) is 167 cm³/mol. The van der Waals surface area contributed by atoms with Crippen LogP contribution in [0.2, 0.25) is 0 Å². The molecule has 3 N–H and O–H groups in total. The summed E-state index contributed by atoms with van der Waals surface area (Å²) >= 11 is 3.62. The van der Waals surface area contributed by atoms with E-state index in [9.17, 15) is 4.79 Å². The lowest BCUT2D eigenvalue weighted by Gasteiger charge is -2.30. The molecule has 0 radical (unpaired) electrons. The number of aliphatic hydroxyl groups is 1. The first-order chi connectivity index (χ1) is 20.9. The Morgan fingerprint density at radius 2 is 1.77 bits per heavy atom. The molecule has 0 fully saturated rings. The summed E-state index contributed by atoms with van der Waals surface area (Å²) in [4.78, 5) is 19.0. The van der Waals surface area contributed by atoms with Crippen molar-refractivity contribution in [3.8, 4) is 23.0 Å². The molecule has 0 spiro atoms. The molecule has 3 aromatic rings. The number of carbonyl (C=O) groups excluding carboxylic acids is 1. The highest BCUT2D eigenvalue weighted by atomic mass is 79.9. The molecule has 3 aromatic carbocycles. The first kappa shape index (κ1) is 31.9. The minimum absolute atomic E-state index is 0.0582. The Kier molecular flexibility index (Phi) is 11.0. The first-order valence-corrected chi connectivity index (χ1v) is 14.5. The standard InChI is InChI=1S/C32H36BrN3O7/c1-5-15-32(31(38)36-34-20-25-27(40-3)18-23(39-2)19-28(25)41-4)29(24-9-6-7-10-26(24)33)43-30(35-32)21-11-13-22(14-12-21)42-17-8-16-37/h5-7,9-14,18-19,29,34,37H,1,8,15-17,20H2,2-4H3,(H,36,38)/t29-,32-/m0/s1. The Balaban J connectivity index is 1.64. The molecule has 0 bridgehead atoms. The number of aliphatic imine (C=N–C) groups is 1. The van der Waals surface area contributed by atoms with E-state index in [4.69, 9.17) is 33.8 Å². The molecule has 11 heteroatoms. The number of rotatable bonds is 15. The van der Waals surface area contributed by atoms with E-state index in [2.05, 4.69) is 33.4 Å². The van der Waals surface area contributed by atoms with E-state index in [0.717, 1.165) is 10.0 Å². The van der Waals surface area contributed by atoms with E-state index < -0.39 is 17.6 Å². The van der Waals surface area contributed by atoms with E-state index in [1.165, 1.54) is 0 Å². The number of aliphatic hydroxyl groups excluding tert-OH is 1. The third kappa shape index (κ3) is 7.12. The number of benzene rings is 3. The maximum atomic E-state index is 14.1. The minimum Gasteiger partial charge on any atom is -0.496 e. The lowest BCUT2D eigenvalue weighted by Crippen LogP contribution is -2.52. The molecule has 0 saturated carbocycles. The summed E-state index contributed by atoms with van der Waals surface area (Å²) in [5.41, 5.74) is 6.62. The normalized spacial score (nSPS) is 17.4. The average molecular weight is 655 g/mol. The van der Waals surface area contributed by atoms with Crippen LogP contribution in [-0.2, 0) is 16.1 Å². The molecule has 0 aliphatic carbocycles. The Morgan fingerprint density at radius 1 is 1.07 bits per heavy atom. The van der Waals surface area contributed by atoms with E-state index in [0.29, 0.717) is 53.1 Å². The van der Waals surface area contributed by atoms with Crippen LogP contribution in [0.5, 0.6) is 23.0 Å². The first-order valence-electron chi connectivity index (χ1n) is 13.7. The van der Waals surface area contributed by atoms with Crippen LogP contribution in [0.3, 0.4) is 0 Å². The third-order valence-electron chi connectivity index (χ3n) is 6.96. The van der Waals surface area contributed by atoms with Gasteiger partial charge >= 0.3 is 0 Å². The molecule has 0 saturated heterocycles. The van der Waals surface area contributed by atoms with Gasteiger partial charge in [-0.2, -0.15) is 0 Å². The second kappa shape index (κ2) is 14.9. The van der Waals surface area contributed by atoms with Gasteiger partial charge in [0.1, 0.15) is 23.0 Å². The van der Waals surface area contributed by atoms with Crippen molar-refractivity contribution in [1.29, 1.82) is 0 Å². The van der Waals surface area contributed by atoms with Crippen molar-refractivity contribution in [2.24, 2.45) is 4.99 Å². The second-order valence-corrected chi connectivity index (χ2v) is 10.5. The fourth-order valence-corrected chi connectivity index (χ4v) is 5.27. The molecule has 0 unspecified atom stereocenters. The van der Waals surface area contributed by atoms with Gasteiger partial charge in [-0.15, -0.1) is 6.58 Å². The summed E-state index contributed by atoms with van der Waals surface area (Å²) in [6, 6.07) is 18.3. The summed E-state index contributed by atoms with van der Waals surface area (Å²) in [6.45, 7) is 4.58. The molecule has 1 heterocycles. The number of hydrazine groups is 1. The number of halogens is 1. The molecule has 0 aromatic heterocycles. The van der Waals surface area contributed by atoms with Crippen molar-refractivity contribution in [2.75, 3.05) is 34.5 Å². The maximum absolute atomic E-state index is 14.1. The molecule has 1 amide bonds. The second-order valence-electron chi connectivity index (χ2n) is 9.62. The number of hydrogen-bond acceptors (Lipinski definition) is 9. The molecular formula is C32H36BrN3O7. The van der Waals surface area contributed by atoms with Crippen LogP contribution in [0.15, 0.2) is 82.8 Å². The number of hydrogen-bond donors (Lipinski definition) is 3. The number of nitrogens with zero attached hydrogens (tertiary/aromatic N) is 1. The van der Waals surface area contributed by atoms with Crippen LogP contribution in [0.4, 0.5) is 0 Å². The highest BCUT2D eigenvalue weighted by Crippen LogP contribution is 2.44. The van der Waals surface area contributed by atoms with E-state index in [1.54, 1.807) is 51.7 Å². The van der Waals surface area contributed by atoms with Crippen molar-refractivity contribution in [2.45, 2.75) is 31.0 Å². The minimum atomic E-state index is -1.38. The zero-order valence-electron chi connectivity index (χ0n) is 24.4. The van der Waals surface area contributed by atoms with Crippen LogP contribution in [-0.4, -0.2) is 57.0 Å². The van der Waals surface area contributed by atoms with E-state index >= 15 is 0 Å². The SMILES string of the molecule is C=CC[C@]1(C(=O)NNCc2c(OC)cc(OC)cc2OC)N=C(c2ccc(OCCCO)cc2)O[C@H]1c1ccccc1Br. The Hall–Kier alpha value is -4.06. The molecule has 4 rings (SSSR count). The van der Waals surface area contributed by atoms with Gasteiger partial charge in [0.15, 0.2) is 11.6 Å². The van der Waals surface area contributed by atoms with Crippen molar-refractivity contribution in [3.63, 3.8) is 0 Å². The van der Waals surface area contributed by atoms with Gasteiger partial charge in [0.05, 0.1) is 33.5 Å². The fourth-order valence-electron chi connectivity index (χ4n) is 4.77. The van der Waals surface area contributed by atoms with Crippen LogP contribution in [0, 0.1) is 0 Å². The molecular weight excluding hydrogens is 618 g/mol. The van der Waals surface area contributed by atoms with Gasteiger partial charge in [-0.1, -0.05) is 40.2 Å². The van der Waals surface area contributed by atoms with Crippen LogP contribution < -0.4 is 29.8 Å². The Bertz CT molecular complexity index is 1420. The van der Waals surface area contributed by atoms with Crippen molar-refractivity contribution in [3.05, 3.63) is 94.5 Å². The van der Waals surface area contributed by atoms with Gasteiger partial charge in [-0.25, -0.2) is 10.4 Å².